The highest BCUT2D eigenvalue weighted by molar-refractivity contribution is 6.42. The Morgan fingerprint density at radius 1 is 1.14 bits per heavy atom. The van der Waals surface area contributed by atoms with Gasteiger partial charge in [-0.25, -0.2) is 0 Å². The zero-order valence-corrected chi connectivity index (χ0v) is 18.7. The van der Waals surface area contributed by atoms with Crippen LogP contribution in [-0.4, -0.2) is 43.9 Å². The van der Waals surface area contributed by atoms with Crippen LogP contribution in [0, 0.1) is 5.92 Å². The second-order valence-corrected chi connectivity index (χ2v) is 8.89. The van der Waals surface area contributed by atoms with Gasteiger partial charge in [0.25, 0.3) is 0 Å². The van der Waals surface area contributed by atoms with Crippen molar-refractivity contribution in [1.82, 2.24) is 4.90 Å². The minimum Gasteiger partial charge on any atom is -0.497 e. The van der Waals surface area contributed by atoms with E-state index in [1.54, 1.807) is 13.2 Å². The molecule has 158 valence electrons. The molecule has 2 aromatic rings. The first-order valence-corrected chi connectivity index (χ1v) is 10.6. The van der Waals surface area contributed by atoms with Crippen molar-refractivity contribution in [3.05, 3.63) is 63.6 Å². The first-order chi connectivity index (χ1) is 13.8. The first kappa shape index (κ1) is 22.4. The van der Waals surface area contributed by atoms with Crippen molar-refractivity contribution in [3.63, 3.8) is 0 Å². The van der Waals surface area contributed by atoms with E-state index in [4.69, 9.17) is 32.7 Å². The molecule has 1 saturated carbocycles. The van der Waals surface area contributed by atoms with Crippen LogP contribution in [0.4, 0.5) is 0 Å². The van der Waals surface area contributed by atoms with Gasteiger partial charge in [-0.3, -0.25) is 0 Å². The molecule has 1 N–H and O–H groups in total. The summed E-state index contributed by atoms with van der Waals surface area (Å²) in [4.78, 5) is 2.12. The zero-order valence-electron chi connectivity index (χ0n) is 17.2. The van der Waals surface area contributed by atoms with Crippen molar-refractivity contribution in [1.29, 1.82) is 0 Å². The number of hydrogen-bond donors (Lipinski definition) is 1. The molecule has 3 rings (SSSR count). The number of nitrogens with zero attached hydrogens (tertiary/aromatic N) is 1. The summed E-state index contributed by atoms with van der Waals surface area (Å²) >= 11 is 12.1. The van der Waals surface area contributed by atoms with Crippen LogP contribution in [0.3, 0.4) is 0 Å². The highest BCUT2D eigenvalue weighted by Crippen LogP contribution is 2.44. The Balaban J connectivity index is 1.73. The fourth-order valence-corrected chi connectivity index (χ4v) is 4.47. The lowest BCUT2D eigenvalue weighted by Gasteiger charge is -2.44. The molecule has 29 heavy (non-hydrogen) atoms. The summed E-state index contributed by atoms with van der Waals surface area (Å²) in [6, 6.07) is 13.3. The maximum atomic E-state index is 11.7. The van der Waals surface area contributed by atoms with E-state index in [1.165, 1.54) is 0 Å². The molecular weight excluding hydrogens is 409 g/mol. The van der Waals surface area contributed by atoms with Gasteiger partial charge in [-0.05, 0) is 68.8 Å². The lowest BCUT2D eigenvalue weighted by molar-refractivity contribution is -0.110. The molecule has 2 aromatic carbocycles. The van der Waals surface area contributed by atoms with Gasteiger partial charge >= 0.3 is 0 Å². The summed E-state index contributed by atoms with van der Waals surface area (Å²) < 4.78 is 11.6. The second kappa shape index (κ2) is 9.67. The van der Waals surface area contributed by atoms with Crippen LogP contribution in [0.5, 0.6) is 5.75 Å². The van der Waals surface area contributed by atoms with Gasteiger partial charge in [-0.2, -0.15) is 0 Å². The smallest absolute Gasteiger partial charge is 0.119 e. The van der Waals surface area contributed by atoms with Gasteiger partial charge in [0.1, 0.15) is 5.75 Å². The van der Waals surface area contributed by atoms with Gasteiger partial charge in [0.15, 0.2) is 0 Å². The van der Waals surface area contributed by atoms with Crippen LogP contribution in [0.25, 0.3) is 0 Å². The van der Waals surface area contributed by atoms with Crippen LogP contribution in [0.1, 0.15) is 30.4 Å². The number of rotatable bonds is 7. The van der Waals surface area contributed by atoms with E-state index >= 15 is 0 Å². The molecule has 3 unspecified atom stereocenters. The lowest BCUT2D eigenvalue weighted by atomic mass is 9.70. The monoisotopic (exact) mass is 437 g/mol. The zero-order chi connectivity index (χ0) is 21.0. The van der Waals surface area contributed by atoms with Gasteiger partial charge in [-0.1, -0.05) is 41.4 Å². The van der Waals surface area contributed by atoms with Gasteiger partial charge in [-0.15, -0.1) is 0 Å². The fraction of sp³-hybridized carbons (Fsp3) is 0.478. The summed E-state index contributed by atoms with van der Waals surface area (Å²) in [5.74, 6) is 0.815. The molecule has 1 aliphatic rings. The van der Waals surface area contributed by atoms with Crippen molar-refractivity contribution >= 4 is 23.2 Å². The molecular formula is C23H29Cl2NO3. The van der Waals surface area contributed by atoms with E-state index in [2.05, 4.69) is 4.90 Å². The molecule has 0 aliphatic heterocycles. The van der Waals surface area contributed by atoms with Crippen molar-refractivity contribution in [2.24, 2.45) is 5.92 Å². The molecule has 0 amide bonds. The largest absolute Gasteiger partial charge is 0.497 e. The predicted molar refractivity (Wildman–Crippen MR) is 118 cm³/mol. The van der Waals surface area contributed by atoms with Crippen molar-refractivity contribution in [3.8, 4) is 5.75 Å². The number of aliphatic hydroxyl groups is 1. The summed E-state index contributed by atoms with van der Waals surface area (Å²) in [7, 11) is 5.71. The summed E-state index contributed by atoms with van der Waals surface area (Å²) in [6.45, 7) is 1.26. The third kappa shape index (κ3) is 5.44. The standard InChI is InChI=1S/C23H29Cl2NO3/c1-26(2)14-18-13-20(29-15-16-7-8-21(24)22(25)11-16)9-10-23(18,27)17-5-4-6-19(12-17)28-3/h4-8,11-12,18,20,27H,9-10,13-15H2,1-3H3. The SMILES string of the molecule is COc1cccc(C2(O)CCC(OCc3ccc(Cl)c(Cl)c3)CC2CN(C)C)c1. The molecule has 6 heteroatoms. The van der Waals surface area contributed by atoms with E-state index < -0.39 is 5.60 Å². The number of ether oxygens (including phenoxy) is 2. The van der Waals surface area contributed by atoms with Crippen LogP contribution in [0.15, 0.2) is 42.5 Å². The lowest BCUT2D eigenvalue weighted by Crippen LogP contribution is -2.46. The Bertz CT molecular complexity index is 830. The summed E-state index contributed by atoms with van der Waals surface area (Å²) in [5.41, 5.74) is 1.01. The minimum absolute atomic E-state index is 0.0529. The molecule has 0 bridgehead atoms. The van der Waals surface area contributed by atoms with E-state index in [9.17, 15) is 5.11 Å². The van der Waals surface area contributed by atoms with E-state index in [0.717, 1.165) is 36.3 Å². The number of benzene rings is 2. The highest BCUT2D eigenvalue weighted by atomic mass is 35.5. The molecule has 1 fully saturated rings. The average Bonchev–Trinajstić information content (AvgIpc) is 2.70. The first-order valence-electron chi connectivity index (χ1n) is 9.89. The Hall–Kier alpha value is -1.30. The minimum atomic E-state index is -0.901. The average molecular weight is 438 g/mol. The van der Waals surface area contributed by atoms with Crippen LogP contribution < -0.4 is 4.74 Å². The number of hydrogen-bond acceptors (Lipinski definition) is 4. The number of methoxy groups -OCH3 is 1. The summed E-state index contributed by atoms with van der Waals surface area (Å²) in [6.07, 6.45) is 2.30. The predicted octanol–water partition coefficient (Wildman–Crippen LogP) is 5.14. The maximum Gasteiger partial charge on any atom is 0.119 e. The molecule has 0 heterocycles. The Morgan fingerprint density at radius 3 is 2.62 bits per heavy atom. The molecule has 0 radical (unpaired) electrons. The highest BCUT2D eigenvalue weighted by Gasteiger charge is 2.44. The number of halogens is 2. The Kier molecular flexibility index (Phi) is 7.47. The second-order valence-electron chi connectivity index (χ2n) is 8.07. The van der Waals surface area contributed by atoms with Gasteiger partial charge in [0, 0.05) is 12.5 Å². The van der Waals surface area contributed by atoms with E-state index in [0.29, 0.717) is 23.1 Å². The molecule has 4 nitrogen and oxygen atoms in total. The van der Waals surface area contributed by atoms with Crippen molar-refractivity contribution < 1.29 is 14.6 Å². The van der Waals surface area contributed by atoms with Gasteiger partial charge in [0.05, 0.1) is 35.5 Å². The van der Waals surface area contributed by atoms with Crippen LogP contribution in [-0.2, 0) is 16.9 Å². The van der Waals surface area contributed by atoms with Crippen molar-refractivity contribution in [2.45, 2.75) is 37.6 Å². The normalized spacial score (nSPS) is 24.7. The van der Waals surface area contributed by atoms with Crippen LogP contribution in [0.2, 0.25) is 10.0 Å². The third-order valence-electron chi connectivity index (χ3n) is 5.70. The quantitative estimate of drug-likeness (QED) is 0.650. The molecule has 3 atom stereocenters. The van der Waals surface area contributed by atoms with Crippen molar-refractivity contribution in [2.75, 3.05) is 27.7 Å². The van der Waals surface area contributed by atoms with E-state index in [1.807, 2.05) is 50.5 Å². The van der Waals surface area contributed by atoms with Gasteiger partial charge in [0.2, 0.25) is 0 Å². The Labute approximate surface area is 183 Å². The molecule has 0 saturated heterocycles. The topological polar surface area (TPSA) is 41.9 Å². The molecule has 1 aliphatic carbocycles. The third-order valence-corrected chi connectivity index (χ3v) is 6.43. The van der Waals surface area contributed by atoms with Gasteiger partial charge < -0.3 is 19.5 Å². The van der Waals surface area contributed by atoms with Crippen LogP contribution >= 0.6 is 23.2 Å². The fourth-order valence-electron chi connectivity index (χ4n) is 4.15. The van der Waals surface area contributed by atoms with E-state index in [-0.39, 0.29) is 12.0 Å². The molecule has 0 spiro atoms. The Morgan fingerprint density at radius 2 is 1.93 bits per heavy atom. The molecule has 0 aromatic heterocycles. The maximum absolute atomic E-state index is 11.7. The summed E-state index contributed by atoms with van der Waals surface area (Å²) in [5, 5.41) is 12.8.